The van der Waals surface area contributed by atoms with Crippen molar-refractivity contribution in [1.82, 2.24) is 24.6 Å². The van der Waals surface area contributed by atoms with E-state index in [1.165, 1.54) is 78.6 Å². The number of hydrogen-bond acceptors (Lipinski definition) is 5. The van der Waals surface area contributed by atoms with Crippen LogP contribution in [0.1, 0.15) is 71.8 Å². The average Bonchev–Trinajstić information content (AvgIpc) is 3.31. The molecular weight excluding hydrogens is 318 g/mol. The Morgan fingerprint density at radius 2 is 1.96 bits per heavy atom. The van der Waals surface area contributed by atoms with Gasteiger partial charge in [-0.1, -0.05) is 6.42 Å². The summed E-state index contributed by atoms with van der Waals surface area (Å²) in [5, 5.41) is 10.4. The summed E-state index contributed by atoms with van der Waals surface area (Å²) in [6, 6.07) is 0.433. The molecule has 0 amide bonds. The predicted molar refractivity (Wildman–Crippen MR) is 94.1 cm³/mol. The van der Waals surface area contributed by atoms with E-state index in [0.717, 1.165) is 26.1 Å². The Bertz CT molecular complexity index is 712. The normalized spacial score (nSPS) is 24.1. The lowest BCUT2D eigenvalue weighted by Gasteiger charge is -2.23. The molecule has 6 heteroatoms. The van der Waals surface area contributed by atoms with Crippen LogP contribution in [0.4, 0.5) is 0 Å². The van der Waals surface area contributed by atoms with Gasteiger partial charge in [0.05, 0.1) is 18.3 Å². The van der Waals surface area contributed by atoms with E-state index in [0.29, 0.717) is 6.04 Å². The maximum absolute atomic E-state index is 4.91. The van der Waals surface area contributed by atoms with Crippen molar-refractivity contribution in [3.63, 3.8) is 0 Å². The molecule has 1 fully saturated rings. The molecule has 4 heterocycles. The number of hydrogen-bond donors (Lipinski definition) is 0. The molecule has 0 bridgehead atoms. The zero-order valence-corrected chi connectivity index (χ0v) is 15.0. The van der Waals surface area contributed by atoms with Gasteiger partial charge in [0.2, 0.25) is 0 Å². The van der Waals surface area contributed by atoms with E-state index in [-0.39, 0.29) is 0 Å². The van der Waals surface area contributed by atoms with Crippen LogP contribution in [0.2, 0.25) is 0 Å². The first kappa shape index (κ1) is 15.0. The van der Waals surface area contributed by atoms with Crippen molar-refractivity contribution in [3.8, 4) is 0 Å². The highest BCUT2D eigenvalue weighted by Gasteiger charge is 2.32. The third-order valence-electron chi connectivity index (χ3n) is 5.78. The zero-order valence-electron chi connectivity index (χ0n) is 14.2. The van der Waals surface area contributed by atoms with E-state index < -0.39 is 0 Å². The lowest BCUT2D eigenvalue weighted by Crippen LogP contribution is -2.25. The highest BCUT2D eigenvalue weighted by atomic mass is 32.1. The molecule has 3 aliphatic rings. The van der Waals surface area contributed by atoms with Crippen LogP contribution in [0, 0.1) is 0 Å². The van der Waals surface area contributed by atoms with E-state index in [1.807, 2.05) is 11.3 Å². The topological polar surface area (TPSA) is 46.8 Å². The van der Waals surface area contributed by atoms with Crippen molar-refractivity contribution in [2.45, 2.75) is 76.9 Å². The number of nitrogens with zero attached hydrogens (tertiary/aromatic N) is 5. The Kier molecular flexibility index (Phi) is 3.90. The Balaban J connectivity index is 1.38. The third kappa shape index (κ3) is 2.60. The van der Waals surface area contributed by atoms with Gasteiger partial charge in [-0.25, -0.2) is 4.98 Å². The molecule has 0 aromatic carbocycles. The van der Waals surface area contributed by atoms with Gasteiger partial charge in [-0.2, -0.15) is 0 Å². The quantitative estimate of drug-likeness (QED) is 0.858. The summed E-state index contributed by atoms with van der Waals surface area (Å²) in [5.41, 5.74) is 1.38. The van der Waals surface area contributed by atoms with E-state index in [2.05, 4.69) is 19.7 Å². The van der Waals surface area contributed by atoms with Crippen LogP contribution in [0.15, 0.2) is 0 Å². The number of likely N-dealkylation sites (tertiary alicyclic amines) is 1. The van der Waals surface area contributed by atoms with Gasteiger partial charge in [0, 0.05) is 17.8 Å². The van der Waals surface area contributed by atoms with E-state index in [9.17, 15) is 0 Å². The predicted octanol–water partition coefficient (Wildman–Crippen LogP) is 3.29. The molecule has 5 rings (SSSR count). The summed E-state index contributed by atoms with van der Waals surface area (Å²) in [6.45, 7) is 3.26. The second-order valence-electron chi connectivity index (χ2n) is 7.40. The maximum Gasteiger partial charge on any atom is 0.150 e. The number of fused-ring (bicyclic) bond motifs is 2. The molecule has 0 saturated carbocycles. The van der Waals surface area contributed by atoms with Crippen LogP contribution in [0.3, 0.4) is 0 Å². The fraction of sp³-hybridized carbons (Fsp3) is 0.722. The fourth-order valence-corrected chi connectivity index (χ4v) is 5.73. The largest absolute Gasteiger partial charge is 0.314 e. The summed E-state index contributed by atoms with van der Waals surface area (Å²) >= 11 is 1.94. The molecule has 5 nitrogen and oxygen atoms in total. The van der Waals surface area contributed by atoms with Crippen LogP contribution >= 0.6 is 11.3 Å². The highest BCUT2D eigenvalue weighted by molar-refractivity contribution is 7.11. The van der Waals surface area contributed by atoms with Gasteiger partial charge in [-0.15, -0.1) is 21.5 Å². The standard InChI is InChI=1S/C18H25N5S/c1-2-9-16-20-21-18(23(16)11-3-1)14-7-5-10-22(14)12-17-19-13-6-4-8-15(13)24-17/h14H,1-12H2. The number of aryl methyl sites for hydroxylation is 3. The lowest BCUT2D eigenvalue weighted by atomic mass is 10.2. The average molecular weight is 344 g/mol. The second-order valence-corrected chi connectivity index (χ2v) is 8.56. The fourth-order valence-electron chi connectivity index (χ4n) is 4.55. The zero-order chi connectivity index (χ0) is 15.9. The van der Waals surface area contributed by atoms with Crippen molar-refractivity contribution >= 4 is 11.3 Å². The molecule has 2 aliphatic heterocycles. The molecule has 0 radical (unpaired) electrons. The Hall–Kier alpha value is -1.27. The first-order chi connectivity index (χ1) is 11.9. The monoisotopic (exact) mass is 343 g/mol. The van der Waals surface area contributed by atoms with Gasteiger partial charge in [0.25, 0.3) is 0 Å². The molecule has 0 spiro atoms. The summed E-state index contributed by atoms with van der Waals surface area (Å²) in [6.07, 6.45) is 11.1. The molecule has 1 aliphatic carbocycles. The van der Waals surface area contributed by atoms with Gasteiger partial charge in [-0.05, 0) is 51.5 Å². The van der Waals surface area contributed by atoms with Gasteiger partial charge >= 0.3 is 0 Å². The van der Waals surface area contributed by atoms with E-state index in [4.69, 9.17) is 4.98 Å². The minimum Gasteiger partial charge on any atom is -0.314 e. The van der Waals surface area contributed by atoms with Crippen LogP contribution in [-0.2, 0) is 32.4 Å². The minimum atomic E-state index is 0.433. The van der Waals surface area contributed by atoms with Gasteiger partial charge in [0.15, 0.2) is 0 Å². The SMILES string of the molecule is C1CCc2nnc(C3CCCN3Cc3nc4c(s3)CCC4)n2CC1. The molecule has 128 valence electrons. The molecule has 1 saturated heterocycles. The first-order valence-corrected chi connectivity index (χ1v) is 10.3. The number of aromatic nitrogens is 4. The number of thiazole rings is 1. The van der Waals surface area contributed by atoms with Gasteiger partial charge < -0.3 is 4.57 Å². The maximum atomic E-state index is 4.91. The molecule has 24 heavy (non-hydrogen) atoms. The second kappa shape index (κ2) is 6.23. The van der Waals surface area contributed by atoms with Crippen molar-refractivity contribution in [3.05, 3.63) is 27.2 Å². The summed E-state index contributed by atoms with van der Waals surface area (Å²) < 4.78 is 2.43. The molecule has 1 atom stereocenters. The smallest absolute Gasteiger partial charge is 0.150 e. The van der Waals surface area contributed by atoms with Crippen molar-refractivity contribution in [2.75, 3.05) is 6.54 Å². The molecule has 1 unspecified atom stereocenters. The van der Waals surface area contributed by atoms with Crippen molar-refractivity contribution < 1.29 is 0 Å². The van der Waals surface area contributed by atoms with Crippen molar-refractivity contribution in [1.29, 1.82) is 0 Å². The Morgan fingerprint density at radius 3 is 2.92 bits per heavy atom. The first-order valence-electron chi connectivity index (χ1n) is 9.52. The Labute approximate surface area is 147 Å². The van der Waals surface area contributed by atoms with Crippen LogP contribution in [0.25, 0.3) is 0 Å². The van der Waals surface area contributed by atoms with E-state index >= 15 is 0 Å². The number of rotatable bonds is 3. The van der Waals surface area contributed by atoms with Gasteiger partial charge in [0.1, 0.15) is 16.7 Å². The highest BCUT2D eigenvalue weighted by Crippen LogP contribution is 2.35. The van der Waals surface area contributed by atoms with Crippen molar-refractivity contribution in [2.24, 2.45) is 0 Å². The van der Waals surface area contributed by atoms with Gasteiger partial charge in [-0.3, -0.25) is 4.90 Å². The molecule has 0 N–H and O–H groups in total. The molecule has 2 aromatic rings. The summed E-state index contributed by atoms with van der Waals surface area (Å²) in [4.78, 5) is 9.04. The molecular formula is C18H25N5S. The van der Waals surface area contributed by atoms with Crippen LogP contribution < -0.4 is 0 Å². The van der Waals surface area contributed by atoms with Crippen LogP contribution in [-0.4, -0.2) is 31.2 Å². The summed E-state index contributed by atoms with van der Waals surface area (Å²) in [7, 11) is 0. The molecule has 2 aromatic heterocycles. The summed E-state index contributed by atoms with van der Waals surface area (Å²) in [5.74, 6) is 2.43. The Morgan fingerprint density at radius 1 is 0.958 bits per heavy atom. The van der Waals surface area contributed by atoms with Crippen LogP contribution in [0.5, 0.6) is 0 Å². The minimum absolute atomic E-state index is 0.433. The van der Waals surface area contributed by atoms with E-state index in [1.54, 1.807) is 0 Å². The lowest BCUT2D eigenvalue weighted by molar-refractivity contribution is 0.233. The third-order valence-corrected chi connectivity index (χ3v) is 6.92.